The molecule has 0 spiro atoms. The molecule has 0 aliphatic heterocycles. The molecule has 0 aliphatic carbocycles. The molecular weight excluding hydrogens is 208 g/mol. The number of aliphatic hydroxyl groups is 1. The van der Waals surface area contributed by atoms with E-state index in [0.29, 0.717) is 6.61 Å². The maximum absolute atomic E-state index is 8.66. The highest BCUT2D eigenvalue weighted by Gasteiger charge is 2.05. The molecule has 0 atom stereocenters. The van der Waals surface area contributed by atoms with E-state index in [1.807, 2.05) is 0 Å². The van der Waals surface area contributed by atoms with Crippen molar-refractivity contribution in [2.24, 2.45) is 0 Å². The lowest BCUT2D eigenvalue weighted by Crippen LogP contribution is -2.18. The van der Waals surface area contributed by atoms with Crippen molar-refractivity contribution < 1.29 is 5.11 Å². The van der Waals surface area contributed by atoms with Crippen LogP contribution in [0.3, 0.4) is 0 Å². The molecule has 0 bridgehead atoms. The summed E-state index contributed by atoms with van der Waals surface area (Å²) in [5.74, 6) is 0. The number of nitrogens with zero attached hydrogens (tertiary/aromatic N) is 2. The molecule has 1 aromatic rings. The van der Waals surface area contributed by atoms with Gasteiger partial charge in [0.2, 0.25) is 0 Å². The van der Waals surface area contributed by atoms with E-state index in [1.54, 1.807) is 11.3 Å². The van der Waals surface area contributed by atoms with Gasteiger partial charge in [-0.2, -0.15) is 0 Å². The first-order valence-corrected chi connectivity index (χ1v) is 6.42. The van der Waals surface area contributed by atoms with Gasteiger partial charge in [-0.1, -0.05) is 6.92 Å². The lowest BCUT2D eigenvalue weighted by Gasteiger charge is -2.14. The standard InChI is InChI=1S/C11H20N2OS/c1-3-10-9-15-11(12-10)13(2)7-5-4-6-8-14/h9,14H,3-8H2,1-2H3. The SMILES string of the molecule is CCc1csc(N(C)CCCCCO)n1. The van der Waals surface area contributed by atoms with E-state index in [9.17, 15) is 0 Å². The van der Waals surface area contributed by atoms with Gasteiger partial charge in [0.15, 0.2) is 5.13 Å². The van der Waals surface area contributed by atoms with Gasteiger partial charge in [-0.05, 0) is 25.7 Å². The van der Waals surface area contributed by atoms with E-state index in [1.165, 1.54) is 5.69 Å². The van der Waals surface area contributed by atoms with E-state index >= 15 is 0 Å². The van der Waals surface area contributed by atoms with Crippen molar-refractivity contribution in [3.8, 4) is 0 Å². The Morgan fingerprint density at radius 1 is 1.40 bits per heavy atom. The van der Waals surface area contributed by atoms with Crippen molar-refractivity contribution in [3.63, 3.8) is 0 Å². The zero-order chi connectivity index (χ0) is 11.1. The van der Waals surface area contributed by atoms with Gasteiger partial charge in [0.05, 0.1) is 5.69 Å². The number of aryl methyl sites for hydroxylation is 1. The fraction of sp³-hybridized carbons (Fsp3) is 0.727. The zero-order valence-corrected chi connectivity index (χ0v) is 10.4. The zero-order valence-electron chi connectivity index (χ0n) is 9.57. The molecule has 0 fully saturated rings. The Labute approximate surface area is 95.8 Å². The Kier molecular flexibility index (Phi) is 5.65. The predicted octanol–water partition coefficient (Wildman–Crippen LogP) is 2.30. The number of aliphatic hydroxyl groups excluding tert-OH is 1. The second-order valence-corrected chi connectivity index (χ2v) is 4.52. The predicted molar refractivity (Wildman–Crippen MR) is 65.7 cm³/mol. The summed E-state index contributed by atoms with van der Waals surface area (Å²) in [7, 11) is 2.08. The van der Waals surface area contributed by atoms with Gasteiger partial charge in [-0.15, -0.1) is 11.3 Å². The molecule has 0 unspecified atom stereocenters. The van der Waals surface area contributed by atoms with Gasteiger partial charge < -0.3 is 10.0 Å². The van der Waals surface area contributed by atoms with Crippen LogP contribution in [0.25, 0.3) is 0 Å². The summed E-state index contributed by atoms with van der Waals surface area (Å²) >= 11 is 1.71. The molecule has 1 N–H and O–H groups in total. The van der Waals surface area contributed by atoms with Crippen LogP contribution in [0.4, 0.5) is 5.13 Å². The highest BCUT2D eigenvalue weighted by Crippen LogP contribution is 2.19. The lowest BCUT2D eigenvalue weighted by atomic mass is 10.2. The van der Waals surface area contributed by atoms with Gasteiger partial charge in [0, 0.05) is 25.6 Å². The van der Waals surface area contributed by atoms with Crippen molar-refractivity contribution in [1.82, 2.24) is 4.98 Å². The summed E-state index contributed by atoms with van der Waals surface area (Å²) < 4.78 is 0. The molecule has 0 saturated heterocycles. The molecule has 0 amide bonds. The molecule has 0 aliphatic rings. The van der Waals surface area contributed by atoms with Gasteiger partial charge in [-0.25, -0.2) is 4.98 Å². The lowest BCUT2D eigenvalue weighted by molar-refractivity contribution is 0.283. The molecule has 4 heteroatoms. The van der Waals surface area contributed by atoms with Crippen molar-refractivity contribution in [2.45, 2.75) is 32.6 Å². The Morgan fingerprint density at radius 2 is 2.20 bits per heavy atom. The number of hydrogen-bond donors (Lipinski definition) is 1. The molecule has 86 valence electrons. The maximum atomic E-state index is 8.66. The minimum atomic E-state index is 0.306. The van der Waals surface area contributed by atoms with Crippen LogP contribution in [0.1, 0.15) is 31.9 Å². The Balaban J connectivity index is 2.29. The van der Waals surface area contributed by atoms with Crippen molar-refractivity contribution in [2.75, 3.05) is 25.1 Å². The van der Waals surface area contributed by atoms with Crippen molar-refractivity contribution >= 4 is 16.5 Å². The van der Waals surface area contributed by atoms with Gasteiger partial charge >= 0.3 is 0 Å². The number of rotatable bonds is 7. The summed E-state index contributed by atoms with van der Waals surface area (Å²) in [6.45, 7) is 3.46. The third kappa shape index (κ3) is 4.18. The molecule has 15 heavy (non-hydrogen) atoms. The normalized spacial score (nSPS) is 10.6. The second-order valence-electron chi connectivity index (χ2n) is 3.68. The molecule has 1 rings (SSSR count). The van der Waals surface area contributed by atoms with Crippen LogP contribution in [0.2, 0.25) is 0 Å². The average Bonchev–Trinajstić information content (AvgIpc) is 2.72. The first-order valence-electron chi connectivity index (χ1n) is 5.54. The van der Waals surface area contributed by atoms with Crippen LogP contribution >= 0.6 is 11.3 Å². The number of unbranched alkanes of at least 4 members (excludes halogenated alkanes) is 2. The average molecular weight is 228 g/mol. The van der Waals surface area contributed by atoms with Crippen LogP contribution in [0.5, 0.6) is 0 Å². The second kappa shape index (κ2) is 6.80. The fourth-order valence-electron chi connectivity index (χ4n) is 1.37. The van der Waals surface area contributed by atoms with E-state index in [0.717, 1.165) is 37.4 Å². The number of aromatic nitrogens is 1. The summed E-state index contributed by atoms with van der Waals surface area (Å²) in [4.78, 5) is 6.72. The van der Waals surface area contributed by atoms with Crippen LogP contribution in [0, 0.1) is 0 Å². The number of thiazole rings is 1. The summed E-state index contributed by atoms with van der Waals surface area (Å²) in [5.41, 5.74) is 1.18. The van der Waals surface area contributed by atoms with E-state index in [-0.39, 0.29) is 0 Å². The molecular formula is C11H20N2OS. The Hall–Kier alpha value is -0.610. The first kappa shape index (κ1) is 12.5. The third-order valence-corrected chi connectivity index (χ3v) is 3.38. The summed E-state index contributed by atoms with van der Waals surface area (Å²) in [5, 5.41) is 11.9. The molecule has 1 heterocycles. The summed E-state index contributed by atoms with van der Waals surface area (Å²) in [6, 6.07) is 0. The maximum Gasteiger partial charge on any atom is 0.185 e. The third-order valence-electron chi connectivity index (χ3n) is 2.38. The number of anilines is 1. The van der Waals surface area contributed by atoms with Gasteiger partial charge in [0.1, 0.15) is 0 Å². The molecule has 0 aromatic carbocycles. The minimum Gasteiger partial charge on any atom is -0.396 e. The largest absolute Gasteiger partial charge is 0.396 e. The highest BCUT2D eigenvalue weighted by atomic mass is 32.1. The first-order chi connectivity index (χ1) is 7.27. The highest BCUT2D eigenvalue weighted by molar-refractivity contribution is 7.13. The summed E-state index contributed by atoms with van der Waals surface area (Å²) in [6.07, 6.45) is 4.13. The molecule has 0 radical (unpaired) electrons. The van der Waals surface area contributed by atoms with Crippen LogP contribution < -0.4 is 4.90 Å². The molecule has 0 saturated carbocycles. The topological polar surface area (TPSA) is 36.4 Å². The van der Waals surface area contributed by atoms with E-state index in [2.05, 4.69) is 29.2 Å². The molecule has 1 aromatic heterocycles. The number of hydrogen-bond acceptors (Lipinski definition) is 4. The minimum absolute atomic E-state index is 0.306. The molecule has 3 nitrogen and oxygen atoms in total. The van der Waals surface area contributed by atoms with E-state index in [4.69, 9.17) is 5.11 Å². The van der Waals surface area contributed by atoms with Crippen LogP contribution in [0.15, 0.2) is 5.38 Å². The fourth-order valence-corrected chi connectivity index (χ4v) is 2.27. The quantitative estimate of drug-likeness (QED) is 0.728. The Bertz CT molecular complexity index is 275. The van der Waals surface area contributed by atoms with Crippen LogP contribution in [-0.2, 0) is 6.42 Å². The van der Waals surface area contributed by atoms with Gasteiger partial charge in [-0.3, -0.25) is 0 Å². The van der Waals surface area contributed by atoms with Crippen molar-refractivity contribution in [1.29, 1.82) is 0 Å². The van der Waals surface area contributed by atoms with E-state index < -0.39 is 0 Å². The Morgan fingerprint density at radius 3 is 2.80 bits per heavy atom. The smallest absolute Gasteiger partial charge is 0.185 e. The van der Waals surface area contributed by atoms with Crippen molar-refractivity contribution in [3.05, 3.63) is 11.1 Å². The van der Waals surface area contributed by atoms with Crippen LogP contribution in [-0.4, -0.2) is 30.3 Å². The monoisotopic (exact) mass is 228 g/mol. The van der Waals surface area contributed by atoms with Gasteiger partial charge in [0.25, 0.3) is 0 Å².